The highest BCUT2D eigenvalue weighted by molar-refractivity contribution is 6.01. The fourth-order valence-electron chi connectivity index (χ4n) is 1.90. The Labute approximate surface area is 130 Å². The number of nitrogens with one attached hydrogen (secondary N) is 1. The second kappa shape index (κ2) is 6.76. The quantitative estimate of drug-likeness (QED) is 0.517. The lowest BCUT2D eigenvalue weighted by atomic mass is 10.1. The number of anilines is 2. The van der Waals surface area contributed by atoms with Crippen molar-refractivity contribution in [1.82, 2.24) is 5.43 Å². The van der Waals surface area contributed by atoms with Crippen LogP contribution in [0.1, 0.15) is 22.8 Å². The number of rotatable bonds is 4. The van der Waals surface area contributed by atoms with Gasteiger partial charge in [0.1, 0.15) is 0 Å². The van der Waals surface area contributed by atoms with Gasteiger partial charge < -0.3 is 10.6 Å². The third-order valence-corrected chi connectivity index (χ3v) is 3.30. The first kappa shape index (κ1) is 15.6. The van der Waals surface area contributed by atoms with Crippen LogP contribution in [-0.2, 0) is 0 Å². The summed E-state index contributed by atoms with van der Waals surface area (Å²) in [7, 11) is 3.98. The van der Waals surface area contributed by atoms with Gasteiger partial charge >= 0.3 is 0 Å². The number of carbonyl (C=O) groups is 1. The number of amides is 1. The Balaban J connectivity index is 2.05. The van der Waals surface area contributed by atoms with Crippen molar-refractivity contribution in [2.24, 2.45) is 5.10 Å². The third-order valence-electron chi connectivity index (χ3n) is 3.30. The minimum atomic E-state index is -0.260. The van der Waals surface area contributed by atoms with Crippen molar-refractivity contribution in [2.75, 3.05) is 24.7 Å². The molecular formula is C17H20N4O. The highest BCUT2D eigenvalue weighted by atomic mass is 16.2. The molecule has 0 saturated carbocycles. The number of benzene rings is 2. The van der Waals surface area contributed by atoms with E-state index in [1.54, 1.807) is 24.3 Å². The molecule has 0 heterocycles. The third kappa shape index (κ3) is 3.85. The molecule has 1 amide bonds. The molecule has 5 nitrogen and oxygen atoms in total. The molecule has 0 radical (unpaired) electrons. The molecule has 3 N–H and O–H groups in total. The van der Waals surface area contributed by atoms with Crippen molar-refractivity contribution in [2.45, 2.75) is 6.92 Å². The number of hydrazone groups is 1. The lowest BCUT2D eigenvalue weighted by Gasteiger charge is -2.12. The van der Waals surface area contributed by atoms with Crippen molar-refractivity contribution >= 4 is 23.0 Å². The van der Waals surface area contributed by atoms with E-state index in [0.29, 0.717) is 11.3 Å². The second-order valence-corrected chi connectivity index (χ2v) is 5.20. The zero-order chi connectivity index (χ0) is 16.1. The van der Waals surface area contributed by atoms with Gasteiger partial charge in [-0.05, 0) is 48.9 Å². The van der Waals surface area contributed by atoms with E-state index in [2.05, 4.69) is 10.5 Å². The number of nitrogens with two attached hydrogens (primary N) is 1. The summed E-state index contributed by atoms with van der Waals surface area (Å²) in [6, 6.07) is 14.7. The van der Waals surface area contributed by atoms with Gasteiger partial charge in [-0.1, -0.05) is 12.1 Å². The second-order valence-electron chi connectivity index (χ2n) is 5.20. The molecule has 0 aliphatic rings. The van der Waals surface area contributed by atoms with E-state index < -0.39 is 0 Å². The van der Waals surface area contributed by atoms with Gasteiger partial charge in [0.15, 0.2) is 0 Å². The fourth-order valence-corrected chi connectivity index (χ4v) is 1.90. The molecule has 22 heavy (non-hydrogen) atoms. The van der Waals surface area contributed by atoms with Gasteiger partial charge in [-0.25, -0.2) is 5.43 Å². The number of nitrogens with zero attached hydrogens (tertiary/aromatic N) is 2. The summed E-state index contributed by atoms with van der Waals surface area (Å²) < 4.78 is 0. The summed E-state index contributed by atoms with van der Waals surface area (Å²) in [6.45, 7) is 1.86. The first-order valence-corrected chi connectivity index (χ1v) is 6.95. The average molecular weight is 296 g/mol. The van der Waals surface area contributed by atoms with Crippen molar-refractivity contribution in [3.05, 3.63) is 59.7 Å². The van der Waals surface area contributed by atoms with Crippen molar-refractivity contribution in [3.63, 3.8) is 0 Å². The Morgan fingerprint density at radius 1 is 1.00 bits per heavy atom. The molecule has 0 atom stereocenters. The SMILES string of the molecule is C/C(=N/NC(=O)c1ccc(N)cc1)c1ccc(N(C)C)cc1. The molecule has 0 aromatic heterocycles. The van der Waals surface area contributed by atoms with Crippen LogP contribution in [0.4, 0.5) is 11.4 Å². The standard InChI is InChI=1S/C17H20N4O/c1-12(13-6-10-16(11-7-13)21(2)3)19-20-17(22)14-4-8-15(18)9-5-14/h4-11H,18H2,1-3H3,(H,20,22)/b19-12-. The summed E-state index contributed by atoms with van der Waals surface area (Å²) >= 11 is 0. The van der Waals surface area contributed by atoms with Gasteiger partial charge in [0.25, 0.3) is 5.91 Å². The summed E-state index contributed by atoms with van der Waals surface area (Å²) in [5, 5.41) is 4.14. The molecular weight excluding hydrogens is 276 g/mol. The van der Waals surface area contributed by atoms with Gasteiger partial charge in [-0.2, -0.15) is 5.10 Å². The molecule has 2 aromatic carbocycles. The maximum absolute atomic E-state index is 12.0. The predicted octanol–water partition coefficient (Wildman–Crippen LogP) is 2.49. The van der Waals surface area contributed by atoms with Gasteiger partial charge in [-0.3, -0.25) is 4.79 Å². The maximum Gasteiger partial charge on any atom is 0.271 e. The number of hydrogen-bond acceptors (Lipinski definition) is 4. The molecule has 0 aliphatic carbocycles. The van der Waals surface area contributed by atoms with Gasteiger partial charge in [0.05, 0.1) is 5.71 Å². The smallest absolute Gasteiger partial charge is 0.271 e. The van der Waals surface area contributed by atoms with Crippen LogP contribution in [0.5, 0.6) is 0 Å². The number of hydrogen-bond donors (Lipinski definition) is 2. The largest absolute Gasteiger partial charge is 0.399 e. The Morgan fingerprint density at radius 2 is 1.55 bits per heavy atom. The topological polar surface area (TPSA) is 70.7 Å². The van der Waals surface area contributed by atoms with E-state index in [1.807, 2.05) is 50.2 Å². The van der Waals surface area contributed by atoms with Crippen LogP contribution in [0.3, 0.4) is 0 Å². The van der Waals surface area contributed by atoms with Crippen LogP contribution in [0.2, 0.25) is 0 Å². The minimum absolute atomic E-state index is 0.260. The van der Waals surface area contributed by atoms with Gasteiger partial charge in [-0.15, -0.1) is 0 Å². The Morgan fingerprint density at radius 3 is 2.09 bits per heavy atom. The number of nitrogen functional groups attached to an aromatic ring is 1. The van der Waals surface area contributed by atoms with Gasteiger partial charge in [0.2, 0.25) is 0 Å². The minimum Gasteiger partial charge on any atom is -0.399 e. The van der Waals surface area contributed by atoms with Crippen molar-refractivity contribution < 1.29 is 4.79 Å². The van der Waals surface area contributed by atoms with E-state index in [1.165, 1.54) is 0 Å². The van der Waals surface area contributed by atoms with Crippen LogP contribution in [-0.4, -0.2) is 25.7 Å². The lowest BCUT2D eigenvalue weighted by Crippen LogP contribution is -2.19. The highest BCUT2D eigenvalue weighted by Crippen LogP contribution is 2.12. The van der Waals surface area contributed by atoms with Crippen LogP contribution >= 0.6 is 0 Å². The Kier molecular flexibility index (Phi) is 4.78. The molecule has 0 unspecified atom stereocenters. The molecule has 0 saturated heterocycles. The summed E-state index contributed by atoms with van der Waals surface area (Å²) in [5.74, 6) is -0.260. The molecule has 0 bridgehead atoms. The predicted molar refractivity (Wildman–Crippen MR) is 91.3 cm³/mol. The van der Waals surface area contributed by atoms with Crippen LogP contribution in [0, 0.1) is 0 Å². The summed E-state index contributed by atoms with van der Waals surface area (Å²) in [5.41, 5.74) is 12.1. The zero-order valence-corrected chi connectivity index (χ0v) is 13.0. The first-order chi connectivity index (χ1) is 10.5. The summed E-state index contributed by atoms with van der Waals surface area (Å²) in [6.07, 6.45) is 0. The normalized spacial score (nSPS) is 11.1. The molecule has 2 rings (SSSR count). The molecule has 0 aliphatic heterocycles. The van der Waals surface area contributed by atoms with Crippen molar-refractivity contribution in [3.8, 4) is 0 Å². The van der Waals surface area contributed by atoms with E-state index in [0.717, 1.165) is 17.0 Å². The molecule has 5 heteroatoms. The van der Waals surface area contributed by atoms with Crippen molar-refractivity contribution in [1.29, 1.82) is 0 Å². The van der Waals surface area contributed by atoms with E-state index in [-0.39, 0.29) is 5.91 Å². The average Bonchev–Trinajstić information content (AvgIpc) is 2.53. The highest BCUT2D eigenvalue weighted by Gasteiger charge is 2.05. The number of carbonyl (C=O) groups excluding carboxylic acids is 1. The molecule has 0 spiro atoms. The van der Waals surface area contributed by atoms with Crippen LogP contribution in [0.15, 0.2) is 53.6 Å². The van der Waals surface area contributed by atoms with Gasteiger partial charge in [0, 0.05) is 31.0 Å². The first-order valence-electron chi connectivity index (χ1n) is 6.95. The summed E-state index contributed by atoms with van der Waals surface area (Å²) in [4.78, 5) is 14.0. The molecule has 2 aromatic rings. The Hall–Kier alpha value is -2.82. The van der Waals surface area contributed by atoms with E-state index in [9.17, 15) is 4.79 Å². The molecule has 114 valence electrons. The monoisotopic (exact) mass is 296 g/mol. The fraction of sp³-hybridized carbons (Fsp3) is 0.176. The van der Waals surface area contributed by atoms with Crippen LogP contribution in [0.25, 0.3) is 0 Å². The van der Waals surface area contributed by atoms with Crippen LogP contribution < -0.4 is 16.1 Å². The van der Waals surface area contributed by atoms with E-state index in [4.69, 9.17) is 5.73 Å². The maximum atomic E-state index is 12.0. The lowest BCUT2D eigenvalue weighted by molar-refractivity contribution is 0.0955. The molecule has 0 fully saturated rings. The van der Waals surface area contributed by atoms with E-state index >= 15 is 0 Å². The zero-order valence-electron chi connectivity index (χ0n) is 13.0. The Bertz CT molecular complexity index is 673.